The molecule has 1 aliphatic carbocycles. The second-order valence-electron chi connectivity index (χ2n) is 4.79. The zero-order chi connectivity index (χ0) is 11.3. The van der Waals surface area contributed by atoms with Crippen LogP contribution in [0, 0.1) is 34.5 Å². The first-order chi connectivity index (χ1) is 7.17. The maximum atomic E-state index is 8.82. The number of hydrogen-bond acceptors (Lipinski definition) is 2. The summed E-state index contributed by atoms with van der Waals surface area (Å²) in [5, 5.41) is 17.6. The predicted molar refractivity (Wildman–Crippen MR) is 59.7 cm³/mol. The van der Waals surface area contributed by atoms with Crippen molar-refractivity contribution in [3.63, 3.8) is 0 Å². The average molecular weight is 202 g/mol. The van der Waals surface area contributed by atoms with Crippen molar-refractivity contribution < 1.29 is 0 Å². The van der Waals surface area contributed by atoms with Gasteiger partial charge in [0.15, 0.2) is 0 Å². The molecule has 1 atom stereocenters. The van der Waals surface area contributed by atoms with Crippen molar-refractivity contribution in [3.05, 3.63) is 11.1 Å². The van der Waals surface area contributed by atoms with E-state index < -0.39 is 0 Å². The number of hydrogen-bond donors (Lipinski definition) is 0. The van der Waals surface area contributed by atoms with E-state index in [4.69, 9.17) is 10.5 Å². The van der Waals surface area contributed by atoms with E-state index in [0.717, 1.165) is 24.8 Å². The van der Waals surface area contributed by atoms with Crippen LogP contribution in [0.1, 0.15) is 46.0 Å². The highest BCUT2D eigenvalue weighted by atomic mass is 14.3. The summed E-state index contributed by atoms with van der Waals surface area (Å²) in [6, 6.07) is 4.03. The van der Waals surface area contributed by atoms with Crippen molar-refractivity contribution in [1.82, 2.24) is 0 Å². The van der Waals surface area contributed by atoms with Crippen LogP contribution in [0.4, 0.5) is 0 Å². The molecule has 15 heavy (non-hydrogen) atoms. The third-order valence-electron chi connectivity index (χ3n) is 3.01. The van der Waals surface area contributed by atoms with Crippen LogP contribution < -0.4 is 0 Å². The van der Waals surface area contributed by atoms with Gasteiger partial charge in [0.1, 0.15) is 17.7 Å². The predicted octanol–water partition coefficient (Wildman–Crippen LogP) is 3.57. The van der Waals surface area contributed by atoms with Crippen LogP contribution in [0.2, 0.25) is 0 Å². The van der Waals surface area contributed by atoms with Crippen molar-refractivity contribution in [2.75, 3.05) is 0 Å². The summed E-state index contributed by atoms with van der Waals surface area (Å²) in [6.45, 7) is 4.46. The molecule has 2 heteroatoms. The molecule has 80 valence electrons. The third-order valence-corrected chi connectivity index (χ3v) is 3.01. The van der Waals surface area contributed by atoms with Crippen LogP contribution in [0.25, 0.3) is 0 Å². The molecule has 0 aromatic heterocycles. The Bertz CT molecular complexity index is 309. The molecule has 0 aliphatic heterocycles. The number of rotatable bonds is 2. The molecular formula is C13H18N2. The van der Waals surface area contributed by atoms with Gasteiger partial charge in [-0.2, -0.15) is 10.5 Å². The van der Waals surface area contributed by atoms with Gasteiger partial charge in [-0.25, -0.2) is 0 Å². The van der Waals surface area contributed by atoms with E-state index >= 15 is 0 Å². The maximum Gasteiger partial charge on any atom is 0.128 e. The molecule has 0 radical (unpaired) electrons. The molecule has 0 saturated heterocycles. The highest BCUT2D eigenvalue weighted by Gasteiger charge is 2.20. The lowest BCUT2D eigenvalue weighted by molar-refractivity contribution is 0.346. The second-order valence-corrected chi connectivity index (χ2v) is 4.79. The normalized spacial score (nSPS) is 20.9. The lowest BCUT2D eigenvalue weighted by Gasteiger charge is -2.25. The molecule has 1 fully saturated rings. The topological polar surface area (TPSA) is 47.6 Å². The molecule has 0 aromatic carbocycles. The molecule has 0 aromatic rings. The fourth-order valence-electron chi connectivity index (χ4n) is 2.43. The van der Waals surface area contributed by atoms with Crippen LogP contribution in [-0.2, 0) is 0 Å². The zero-order valence-electron chi connectivity index (χ0n) is 9.58. The monoisotopic (exact) mass is 202 g/mol. The van der Waals surface area contributed by atoms with Gasteiger partial charge >= 0.3 is 0 Å². The Morgan fingerprint density at radius 3 is 2.60 bits per heavy atom. The molecule has 0 N–H and O–H groups in total. The first kappa shape index (κ1) is 11.8. The van der Waals surface area contributed by atoms with Crippen LogP contribution >= 0.6 is 0 Å². The van der Waals surface area contributed by atoms with Gasteiger partial charge in [0.2, 0.25) is 0 Å². The summed E-state index contributed by atoms with van der Waals surface area (Å²) < 4.78 is 0. The third kappa shape index (κ3) is 3.40. The minimum Gasteiger partial charge on any atom is -0.192 e. The zero-order valence-corrected chi connectivity index (χ0v) is 9.58. The highest BCUT2D eigenvalue weighted by molar-refractivity contribution is 5.40. The van der Waals surface area contributed by atoms with Gasteiger partial charge in [0, 0.05) is 0 Å². The summed E-state index contributed by atoms with van der Waals surface area (Å²) in [4.78, 5) is 0. The molecule has 1 unspecified atom stereocenters. The Hall–Kier alpha value is -1.28. The van der Waals surface area contributed by atoms with Crippen LogP contribution in [0.3, 0.4) is 0 Å². The summed E-state index contributed by atoms with van der Waals surface area (Å²) in [7, 11) is 0. The van der Waals surface area contributed by atoms with Gasteiger partial charge in [-0.3, -0.25) is 0 Å². The number of nitrogens with zero attached hydrogens (tertiary/aromatic N) is 2. The fraction of sp³-hybridized carbons (Fsp3) is 0.692. The van der Waals surface area contributed by atoms with Crippen molar-refractivity contribution in [1.29, 1.82) is 10.5 Å². The lowest BCUT2D eigenvalue weighted by atomic mass is 9.79. The molecule has 0 spiro atoms. The molecule has 2 nitrogen and oxygen atoms in total. The SMILES string of the molecule is CC(C)CC1CCCC(=C(C#N)C#N)C1. The summed E-state index contributed by atoms with van der Waals surface area (Å²) in [6.07, 6.45) is 5.53. The van der Waals surface area contributed by atoms with E-state index in [1.165, 1.54) is 12.8 Å². The van der Waals surface area contributed by atoms with Gasteiger partial charge in [-0.05, 0) is 49.5 Å². The Morgan fingerprint density at radius 2 is 2.07 bits per heavy atom. The number of allylic oxidation sites excluding steroid dienone is 2. The van der Waals surface area contributed by atoms with Crippen LogP contribution in [0.5, 0.6) is 0 Å². The van der Waals surface area contributed by atoms with E-state index in [1.54, 1.807) is 0 Å². The van der Waals surface area contributed by atoms with Crippen molar-refractivity contribution in [2.24, 2.45) is 11.8 Å². The smallest absolute Gasteiger partial charge is 0.128 e. The van der Waals surface area contributed by atoms with Crippen LogP contribution in [-0.4, -0.2) is 0 Å². The molecule has 1 rings (SSSR count). The average Bonchev–Trinajstić information content (AvgIpc) is 2.19. The second kappa shape index (κ2) is 5.56. The molecule has 1 aliphatic rings. The Kier molecular flexibility index (Phi) is 4.37. The largest absolute Gasteiger partial charge is 0.192 e. The molecule has 0 amide bonds. The van der Waals surface area contributed by atoms with Crippen molar-refractivity contribution in [3.8, 4) is 12.1 Å². The van der Waals surface area contributed by atoms with Gasteiger partial charge in [-0.15, -0.1) is 0 Å². The Labute approximate surface area is 92.2 Å². The van der Waals surface area contributed by atoms with E-state index in [9.17, 15) is 0 Å². The number of nitriles is 2. The van der Waals surface area contributed by atoms with E-state index in [2.05, 4.69) is 13.8 Å². The highest BCUT2D eigenvalue weighted by Crippen LogP contribution is 2.33. The standard InChI is InChI=1S/C13H18N2/c1-10(2)6-11-4-3-5-12(7-11)13(8-14)9-15/h10-11H,3-7H2,1-2H3. The van der Waals surface area contributed by atoms with Gasteiger partial charge in [-0.1, -0.05) is 13.8 Å². The van der Waals surface area contributed by atoms with Gasteiger partial charge < -0.3 is 0 Å². The first-order valence-electron chi connectivity index (χ1n) is 5.69. The summed E-state index contributed by atoms with van der Waals surface area (Å²) in [5.41, 5.74) is 1.46. The Balaban J connectivity index is 2.69. The quantitative estimate of drug-likeness (QED) is 0.643. The van der Waals surface area contributed by atoms with Crippen LogP contribution in [0.15, 0.2) is 11.1 Å². The molecule has 0 heterocycles. The maximum absolute atomic E-state index is 8.82. The summed E-state index contributed by atoms with van der Waals surface area (Å²) >= 11 is 0. The minimum atomic E-state index is 0.364. The van der Waals surface area contributed by atoms with E-state index in [0.29, 0.717) is 17.4 Å². The first-order valence-corrected chi connectivity index (χ1v) is 5.69. The molecule has 1 saturated carbocycles. The van der Waals surface area contributed by atoms with E-state index in [1.807, 2.05) is 12.1 Å². The summed E-state index contributed by atoms with van der Waals surface area (Å²) in [5.74, 6) is 1.40. The Morgan fingerprint density at radius 1 is 1.40 bits per heavy atom. The molecule has 0 bridgehead atoms. The molecular weight excluding hydrogens is 184 g/mol. The fourth-order valence-corrected chi connectivity index (χ4v) is 2.43. The van der Waals surface area contributed by atoms with E-state index in [-0.39, 0.29) is 0 Å². The van der Waals surface area contributed by atoms with Gasteiger partial charge in [0.25, 0.3) is 0 Å². The van der Waals surface area contributed by atoms with Crippen molar-refractivity contribution >= 4 is 0 Å². The van der Waals surface area contributed by atoms with Gasteiger partial charge in [0.05, 0.1) is 0 Å². The lowest BCUT2D eigenvalue weighted by Crippen LogP contribution is -2.12. The minimum absolute atomic E-state index is 0.364. The van der Waals surface area contributed by atoms with Crippen molar-refractivity contribution in [2.45, 2.75) is 46.0 Å².